The van der Waals surface area contributed by atoms with Gasteiger partial charge in [0.15, 0.2) is 11.5 Å². The quantitative estimate of drug-likeness (QED) is 0.331. The van der Waals surface area contributed by atoms with Crippen molar-refractivity contribution in [2.75, 3.05) is 6.61 Å². The molecule has 68 valence electrons. The van der Waals surface area contributed by atoms with Crippen LogP contribution in [0.1, 0.15) is 26.2 Å². The first kappa shape index (κ1) is 11.0. The van der Waals surface area contributed by atoms with Crippen LogP contribution in [0.2, 0.25) is 0 Å². The normalized spacial score (nSPS) is 9.08. The zero-order valence-corrected chi connectivity index (χ0v) is 7.64. The molecule has 0 aromatic carbocycles. The lowest BCUT2D eigenvalue weighted by atomic mass is 10.2. The summed E-state index contributed by atoms with van der Waals surface area (Å²) in [6.07, 6.45) is 4.04. The van der Waals surface area contributed by atoms with E-state index in [2.05, 4.69) is 13.2 Å². The van der Waals surface area contributed by atoms with Gasteiger partial charge in [0.05, 0.1) is 0 Å². The first-order chi connectivity index (χ1) is 5.72. The van der Waals surface area contributed by atoms with Gasteiger partial charge in [0, 0.05) is 6.42 Å². The summed E-state index contributed by atoms with van der Waals surface area (Å²) >= 11 is 0. The van der Waals surface area contributed by atoms with Crippen molar-refractivity contribution in [3.05, 3.63) is 25.0 Å². The molecule has 0 aromatic rings. The Morgan fingerprint density at radius 2 is 2.25 bits per heavy atom. The molecule has 12 heavy (non-hydrogen) atoms. The molecule has 0 spiro atoms. The van der Waals surface area contributed by atoms with Crippen molar-refractivity contribution in [3.63, 3.8) is 0 Å². The SMILES string of the molecule is C=CCOC(=C)C(=O)CCCC. The summed E-state index contributed by atoms with van der Waals surface area (Å²) in [5.74, 6) is 0.252. The predicted octanol–water partition coefficient (Wildman–Crippen LogP) is 2.46. The number of rotatable bonds is 7. The van der Waals surface area contributed by atoms with Crippen LogP contribution in [0, 0.1) is 0 Å². The average molecular weight is 168 g/mol. The van der Waals surface area contributed by atoms with Crippen LogP contribution >= 0.6 is 0 Å². The summed E-state index contributed by atoms with van der Waals surface area (Å²) < 4.78 is 4.99. The van der Waals surface area contributed by atoms with Crippen molar-refractivity contribution in [1.82, 2.24) is 0 Å². The van der Waals surface area contributed by atoms with Gasteiger partial charge in [-0.1, -0.05) is 32.6 Å². The van der Waals surface area contributed by atoms with E-state index in [-0.39, 0.29) is 11.5 Å². The molecule has 0 heterocycles. The van der Waals surface area contributed by atoms with Gasteiger partial charge in [-0.2, -0.15) is 0 Å². The summed E-state index contributed by atoms with van der Waals surface area (Å²) in [5, 5.41) is 0. The van der Waals surface area contributed by atoms with E-state index in [1.54, 1.807) is 6.08 Å². The van der Waals surface area contributed by atoms with Crippen molar-refractivity contribution in [2.45, 2.75) is 26.2 Å². The molecule has 0 fully saturated rings. The van der Waals surface area contributed by atoms with Gasteiger partial charge in [0.2, 0.25) is 0 Å². The molecule has 0 aliphatic heterocycles. The highest BCUT2D eigenvalue weighted by molar-refractivity contribution is 5.92. The van der Waals surface area contributed by atoms with Crippen molar-refractivity contribution in [2.24, 2.45) is 0 Å². The summed E-state index contributed by atoms with van der Waals surface area (Å²) in [5.41, 5.74) is 0. The maximum Gasteiger partial charge on any atom is 0.196 e. The summed E-state index contributed by atoms with van der Waals surface area (Å²) in [6.45, 7) is 9.40. The Labute approximate surface area is 73.9 Å². The van der Waals surface area contributed by atoms with E-state index < -0.39 is 0 Å². The van der Waals surface area contributed by atoms with E-state index in [9.17, 15) is 4.79 Å². The Balaban J connectivity index is 3.61. The predicted molar refractivity (Wildman–Crippen MR) is 49.8 cm³/mol. The van der Waals surface area contributed by atoms with Gasteiger partial charge in [-0.15, -0.1) is 0 Å². The van der Waals surface area contributed by atoms with Gasteiger partial charge >= 0.3 is 0 Å². The number of ether oxygens (including phenoxy) is 1. The number of hydrogen-bond acceptors (Lipinski definition) is 2. The van der Waals surface area contributed by atoms with Crippen LogP contribution < -0.4 is 0 Å². The lowest BCUT2D eigenvalue weighted by Gasteiger charge is -2.04. The third kappa shape index (κ3) is 4.72. The highest BCUT2D eigenvalue weighted by atomic mass is 16.5. The average Bonchev–Trinajstić information content (AvgIpc) is 2.10. The number of ketones is 1. The number of carbonyl (C=O) groups is 1. The molecule has 0 aromatic heterocycles. The largest absolute Gasteiger partial charge is 0.486 e. The number of carbonyl (C=O) groups excluding carboxylic acids is 1. The fourth-order valence-corrected chi connectivity index (χ4v) is 0.717. The molecule has 0 unspecified atom stereocenters. The maximum atomic E-state index is 11.1. The lowest BCUT2D eigenvalue weighted by Crippen LogP contribution is -2.04. The number of unbranched alkanes of at least 4 members (excludes halogenated alkanes) is 1. The van der Waals surface area contributed by atoms with Crippen molar-refractivity contribution in [3.8, 4) is 0 Å². The zero-order valence-electron chi connectivity index (χ0n) is 7.64. The minimum atomic E-state index is -0.00120. The van der Waals surface area contributed by atoms with E-state index in [4.69, 9.17) is 4.74 Å². The summed E-state index contributed by atoms with van der Waals surface area (Å²) in [6, 6.07) is 0. The molecule has 0 saturated heterocycles. The Hall–Kier alpha value is -1.05. The van der Waals surface area contributed by atoms with Gasteiger partial charge in [-0.3, -0.25) is 4.79 Å². The standard InChI is InChI=1S/C10H16O2/c1-4-6-7-10(11)9(3)12-8-5-2/h5H,2-4,6-8H2,1H3. The molecule has 0 radical (unpaired) electrons. The van der Waals surface area contributed by atoms with Gasteiger partial charge in [-0.25, -0.2) is 0 Å². The Morgan fingerprint density at radius 1 is 1.58 bits per heavy atom. The van der Waals surface area contributed by atoms with Crippen LogP contribution in [0.15, 0.2) is 25.0 Å². The van der Waals surface area contributed by atoms with Crippen LogP contribution in [-0.2, 0) is 9.53 Å². The second kappa shape index (κ2) is 6.65. The van der Waals surface area contributed by atoms with Crippen LogP contribution in [0.5, 0.6) is 0 Å². The van der Waals surface area contributed by atoms with Crippen LogP contribution in [0.3, 0.4) is 0 Å². The third-order valence-electron chi connectivity index (χ3n) is 1.44. The Morgan fingerprint density at radius 3 is 2.75 bits per heavy atom. The molecule has 0 N–H and O–H groups in total. The second-order valence-corrected chi connectivity index (χ2v) is 2.55. The minimum absolute atomic E-state index is 0.00120. The monoisotopic (exact) mass is 168 g/mol. The van der Waals surface area contributed by atoms with Gasteiger partial charge < -0.3 is 4.74 Å². The van der Waals surface area contributed by atoms with E-state index in [0.717, 1.165) is 12.8 Å². The smallest absolute Gasteiger partial charge is 0.196 e. The number of Topliss-reactive ketones (excluding diaryl/α,β-unsaturated/α-hetero) is 1. The fraction of sp³-hybridized carbons (Fsp3) is 0.500. The van der Waals surface area contributed by atoms with Gasteiger partial charge in [0.25, 0.3) is 0 Å². The van der Waals surface area contributed by atoms with Crippen LogP contribution in [0.4, 0.5) is 0 Å². The highest BCUT2D eigenvalue weighted by Crippen LogP contribution is 2.03. The fourth-order valence-electron chi connectivity index (χ4n) is 0.717. The molecule has 0 rings (SSSR count). The molecule has 2 nitrogen and oxygen atoms in total. The first-order valence-corrected chi connectivity index (χ1v) is 4.18. The molecule has 0 amide bonds. The van der Waals surface area contributed by atoms with Crippen LogP contribution in [-0.4, -0.2) is 12.4 Å². The van der Waals surface area contributed by atoms with Crippen molar-refractivity contribution < 1.29 is 9.53 Å². The van der Waals surface area contributed by atoms with Gasteiger partial charge in [0.1, 0.15) is 6.61 Å². The highest BCUT2D eigenvalue weighted by Gasteiger charge is 2.05. The van der Waals surface area contributed by atoms with E-state index in [1.807, 2.05) is 6.92 Å². The molecule has 0 bridgehead atoms. The lowest BCUT2D eigenvalue weighted by molar-refractivity contribution is -0.118. The maximum absolute atomic E-state index is 11.1. The Bertz CT molecular complexity index is 171. The topological polar surface area (TPSA) is 26.3 Å². The van der Waals surface area contributed by atoms with E-state index >= 15 is 0 Å². The molecule has 0 saturated carbocycles. The molecule has 2 heteroatoms. The summed E-state index contributed by atoms with van der Waals surface area (Å²) in [4.78, 5) is 11.1. The first-order valence-electron chi connectivity index (χ1n) is 4.18. The second-order valence-electron chi connectivity index (χ2n) is 2.55. The van der Waals surface area contributed by atoms with E-state index in [0.29, 0.717) is 13.0 Å². The molecule has 0 aliphatic carbocycles. The molecule has 0 atom stereocenters. The third-order valence-corrected chi connectivity index (χ3v) is 1.44. The Kier molecular flexibility index (Phi) is 6.07. The summed E-state index contributed by atoms with van der Waals surface area (Å²) in [7, 11) is 0. The van der Waals surface area contributed by atoms with Crippen LogP contribution in [0.25, 0.3) is 0 Å². The molecular formula is C10H16O2. The molecule has 0 aliphatic rings. The number of hydrogen-bond donors (Lipinski definition) is 0. The zero-order chi connectivity index (χ0) is 9.40. The van der Waals surface area contributed by atoms with Gasteiger partial charge in [-0.05, 0) is 6.42 Å². The number of allylic oxidation sites excluding steroid dienone is 1. The van der Waals surface area contributed by atoms with E-state index in [1.165, 1.54) is 0 Å². The van der Waals surface area contributed by atoms with Crippen molar-refractivity contribution >= 4 is 5.78 Å². The minimum Gasteiger partial charge on any atom is -0.486 e. The molecular weight excluding hydrogens is 152 g/mol. The van der Waals surface area contributed by atoms with Crippen molar-refractivity contribution in [1.29, 1.82) is 0 Å².